The molecular weight excluding hydrogens is 222 g/mol. The van der Waals surface area contributed by atoms with Crippen LogP contribution in [0.4, 0.5) is 17.3 Å². The van der Waals surface area contributed by atoms with E-state index in [1.807, 2.05) is 4.90 Å². The van der Waals surface area contributed by atoms with Gasteiger partial charge in [0.15, 0.2) is 17.3 Å². The van der Waals surface area contributed by atoms with Gasteiger partial charge in [-0.25, -0.2) is 9.97 Å². The van der Waals surface area contributed by atoms with E-state index in [4.69, 9.17) is 5.11 Å². The monoisotopic (exact) mass is 237 g/mol. The topological polar surface area (TPSA) is 90.7 Å². The van der Waals surface area contributed by atoms with Crippen molar-refractivity contribution in [3.63, 3.8) is 0 Å². The number of rotatable bonds is 5. The molecule has 1 aliphatic rings. The number of hydrogen-bond donors (Lipinski definition) is 2. The average Bonchev–Trinajstić information content (AvgIpc) is 2.89. The Morgan fingerprint density at radius 2 is 2.18 bits per heavy atom. The third kappa shape index (κ3) is 2.50. The van der Waals surface area contributed by atoms with Crippen LogP contribution in [0.5, 0.6) is 0 Å². The third-order valence-electron chi connectivity index (χ3n) is 2.70. The number of aromatic nitrogens is 2. The van der Waals surface area contributed by atoms with Gasteiger partial charge in [-0.2, -0.15) is 0 Å². The molecule has 0 atom stereocenters. The van der Waals surface area contributed by atoms with E-state index < -0.39 is 0 Å². The largest absolute Gasteiger partial charge is 0.395 e. The van der Waals surface area contributed by atoms with Gasteiger partial charge in [-0.1, -0.05) is 0 Å². The first-order valence-electron chi connectivity index (χ1n) is 5.65. The molecule has 2 heterocycles. The van der Waals surface area contributed by atoms with Crippen molar-refractivity contribution in [1.82, 2.24) is 9.97 Å². The highest BCUT2D eigenvalue weighted by molar-refractivity contribution is 5.74. The van der Waals surface area contributed by atoms with Crippen molar-refractivity contribution >= 4 is 17.3 Å². The van der Waals surface area contributed by atoms with E-state index in [-0.39, 0.29) is 12.3 Å². The van der Waals surface area contributed by atoms with Gasteiger partial charge in [-0.05, 0) is 18.0 Å². The molecule has 1 saturated heterocycles. The first kappa shape index (κ1) is 11.7. The lowest BCUT2D eigenvalue weighted by Gasteiger charge is -2.18. The van der Waals surface area contributed by atoms with Gasteiger partial charge in [0.25, 0.3) is 0 Å². The van der Waals surface area contributed by atoms with Crippen LogP contribution in [0.15, 0.2) is 11.5 Å². The Morgan fingerprint density at radius 1 is 1.41 bits per heavy atom. The van der Waals surface area contributed by atoms with Gasteiger partial charge in [-0.15, -0.1) is 4.91 Å². The van der Waals surface area contributed by atoms with E-state index in [1.54, 1.807) is 0 Å². The molecule has 1 fully saturated rings. The van der Waals surface area contributed by atoms with Crippen LogP contribution in [0.25, 0.3) is 0 Å². The number of anilines is 2. The molecule has 17 heavy (non-hydrogen) atoms. The van der Waals surface area contributed by atoms with Crippen LogP contribution < -0.4 is 10.2 Å². The van der Waals surface area contributed by atoms with Crippen LogP contribution in [-0.2, 0) is 0 Å². The Labute approximate surface area is 98.9 Å². The minimum absolute atomic E-state index is 0.0264. The standard InChI is InChI=1S/C10H15N5O2/c16-6-3-11-9-8(14-17)10(13-7-12-9)15-4-1-2-5-15/h7,16H,1-6H2,(H,11,12,13). The predicted octanol–water partition coefficient (Wildman–Crippen LogP) is 0.879. The Kier molecular flexibility index (Phi) is 3.81. The average molecular weight is 237 g/mol. The highest BCUT2D eigenvalue weighted by Crippen LogP contribution is 2.33. The van der Waals surface area contributed by atoms with Crippen molar-refractivity contribution in [2.45, 2.75) is 12.8 Å². The summed E-state index contributed by atoms with van der Waals surface area (Å²) in [5.41, 5.74) is 0.225. The van der Waals surface area contributed by atoms with E-state index in [1.165, 1.54) is 6.33 Å². The lowest BCUT2D eigenvalue weighted by Crippen LogP contribution is -2.20. The molecule has 1 aliphatic heterocycles. The van der Waals surface area contributed by atoms with Gasteiger partial charge >= 0.3 is 0 Å². The van der Waals surface area contributed by atoms with E-state index in [0.717, 1.165) is 25.9 Å². The van der Waals surface area contributed by atoms with Crippen molar-refractivity contribution in [2.75, 3.05) is 36.5 Å². The van der Waals surface area contributed by atoms with Crippen LogP contribution >= 0.6 is 0 Å². The number of nitroso groups, excluding NO2 is 1. The Balaban J connectivity index is 2.27. The molecule has 0 amide bonds. The van der Waals surface area contributed by atoms with E-state index in [2.05, 4.69) is 20.5 Å². The molecule has 0 radical (unpaired) electrons. The number of nitrogens with zero attached hydrogens (tertiary/aromatic N) is 4. The fourth-order valence-corrected chi connectivity index (χ4v) is 1.92. The maximum atomic E-state index is 10.9. The fourth-order valence-electron chi connectivity index (χ4n) is 1.92. The highest BCUT2D eigenvalue weighted by Gasteiger charge is 2.20. The molecular formula is C10H15N5O2. The molecule has 0 saturated carbocycles. The molecule has 7 nitrogen and oxygen atoms in total. The van der Waals surface area contributed by atoms with Crippen molar-refractivity contribution in [2.24, 2.45) is 5.18 Å². The first-order chi connectivity index (χ1) is 8.36. The zero-order valence-electron chi connectivity index (χ0n) is 9.46. The van der Waals surface area contributed by atoms with Crippen LogP contribution in [0.3, 0.4) is 0 Å². The first-order valence-corrected chi connectivity index (χ1v) is 5.65. The maximum absolute atomic E-state index is 10.9. The smallest absolute Gasteiger partial charge is 0.192 e. The summed E-state index contributed by atoms with van der Waals surface area (Å²) >= 11 is 0. The number of hydrogen-bond acceptors (Lipinski definition) is 7. The summed E-state index contributed by atoms with van der Waals surface area (Å²) in [5, 5.41) is 14.6. The predicted molar refractivity (Wildman–Crippen MR) is 64.5 cm³/mol. The molecule has 0 aliphatic carbocycles. The van der Waals surface area contributed by atoms with Crippen LogP contribution in [-0.4, -0.2) is 41.3 Å². The molecule has 0 spiro atoms. The molecule has 7 heteroatoms. The van der Waals surface area contributed by atoms with Crippen LogP contribution in [0, 0.1) is 4.91 Å². The molecule has 0 bridgehead atoms. The summed E-state index contributed by atoms with van der Waals surface area (Å²) < 4.78 is 0. The summed E-state index contributed by atoms with van der Waals surface area (Å²) in [7, 11) is 0. The minimum Gasteiger partial charge on any atom is -0.395 e. The van der Waals surface area contributed by atoms with Gasteiger partial charge in [0, 0.05) is 19.6 Å². The van der Waals surface area contributed by atoms with Crippen molar-refractivity contribution < 1.29 is 5.11 Å². The van der Waals surface area contributed by atoms with E-state index in [9.17, 15) is 4.91 Å². The van der Waals surface area contributed by atoms with Gasteiger partial charge in [0.05, 0.1) is 6.61 Å². The second-order valence-electron chi connectivity index (χ2n) is 3.83. The number of aliphatic hydroxyl groups is 1. The Bertz CT molecular complexity index is 392. The second-order valence-corrected chi connectivity index (χ2v) is 3.83. The van der Waals surface area contributed by atoms with E-state index >= 15 is 0 Å². The Hall–Kier alpha value is -1.76. The summed E-state index contributed by atoms with van der Waals surface area (Å²) in [6, 6.07) is 0. The molecule has 1 aromatic rings. The van der Waals surface area contributed by atoms with Crippen LogP contribution in [0.2, 0.25) is 0 Å². The third-order valence-corrected chi connectivity index (χ3v) is 2.70. The van der Waals surface area contributed by atoms with Gasteiger partial charge in [-0.3, -0.25) is 0 Å². The lowest BCUT2D eigenvalue weighted by molar-refractivity contribution is 0.311. The fraction of sp³-hybridized carbons (Fsp3) is 0.600. The normalized spacial score (nSPS) is 15.0. The summed E-state index contributed by atoms with van der Waals surface area (Å²) in [4.78, 5) is 21.0. The Morgan fingerprint density at radius 3 is 2.82 bits per heavy atom. The second kappa shape index (κ2) is 5.53. The quantitative estimate of drug-likeness (QED) is 0.739. The molecule has 0 unspecified atom stereocenters. The van der Waals surface area contributed by atoms with Gasteiger partial charge in [0.1, 0.15) is 6.33 Å². The zero-order valence-corrected chi connectivity index (χ0v) is 9.46. The number of nitrogens with one attached hydrogen (secondary N) is 1. The van der Waals surface area contributed by atoms with Gasteiger partial charge < -0.3 is 15.3 Å². The summed E-state index contributed by atoms with van der Waals surface area (Å²) in [6.45, 7) is 2.08. The maximum Gasteiger partial charge on any atom is 0.192 e. The molecule has 1 aromatic heterocycles. The van der Waals surface area contributed by atoms with Crippen molar-refractivity contribution in [3.8, 4) is 0 Å². The van der Waals surface area contributed by atoms with E-state index in [0.29, 0.717) is 18.2 Å². The molecule has 0 aromatic carbocycles. The zero-order chi connectivity index (χ0) is 12.1. The summed E-state index contributed by atoms with van der Waals surface area (Å²) in [5.74, 6) is 0.957. The SMILES string of the molecule is O=Nc1c(NCCO)ncnc1N1CCCC1. The lowest BCUT2D eigenvalue weighted by atomic mass is 10.4. The molecule has 2 rings (SSSR count). The van der Waals surface area contributed by atoms with Gasteiger partial charge in [0.2, 0.25) is 0 Å². The summed E-state index contributed by atoms with van der Waals surface area (Å²) in [6.07, 6.45) is 3.60. The van der Waals surface area contributed by atoms with Crippen molar-refractivity contribution in [1.29, 1.82) is 0 Å². The van der Waals surface area contributed by atoms with Crippen molar-refractivity contribution in [3.05, 3.63) is 11.2 Å². The highest BCUT2D eigenvalue weighted by atomic mass is 16.3. The number of aliphatic hydroxyl groups excluding tert-OH is 1. The molecule has 92 valence electrons. The minimum atomic E-state index is -0.0264. The van der Waals surface area contributed by atoms with Crippen LogP contribution in [0.1, 0.15) is 12.8 Å². The molecule has 2 N–H and O–H groups in total.